The third-order valence-corrected chi connectivity index (χ3v) is 5.66. The Balaban J connectivity index is 2.18. The Morgan fingerprint density at radius 2 is 1.77 bits per heavy atom. The number of para-hydroxylation sites is 2. The highest BCUT2D eigenvalue weighted by Gasteiger charge is 2.28. The lowest BCUT2D eigenvalue weighted by molar-refractivity contribution is -0.387. The van der Waals surface area contributed by atoms with Crippen LogP contribution in [0.1, 0.15) is 5.56 Å². The van der Waals surface area contributed by atoms with E-state index in [1.54, 1.807) is 6.07 Å². The normalized spacial score (nSPS) is 11.5. The Labute approximate surface area is 152 Å². The van der Waals surface area contributed by atoms with Gasteiger partial charge in [0, 0.05) is 26.8 Å². The third kappa shape index (κ3) is 4.57. The first-order chi connectivity index (χ1) is 12.4. The number of nitro groups is 1. The molecule has 0 aliphatic rings. The van der Waals surface area contributed by atoms with Gasteiger partial charge >= 0.3 is 0 Å². The second kappa shape index (κ2) is 8.75. The molecule has 8 nitrogen and oxygen atoms in total. The summed E-state index contributed by atoms with van der Waals surface area (Å²) in [6.07, 6.45) is 0.385. The lowest BCUT2D eigenvalue weighted by atomic mass is 10.1. The van der Waals surface area contributed by atoms with Crippen molar-refractivity contribution in [1.82, 2.24) is 4.31 Å². The first-order valence-corrected chi connectivity index (χ1v) is 9.21. The molecule has 2 aromatic rings. The molecule has 0 amide bonds. The van der Waals surface area contributed by atoms with Crippen molar-refractivity contribution in [1.29, 1.82) is 0 Å². The predicted molar refractivity (Wildman–Crippen MR) is 95.6 cm³/mol. The highest BCUT2D eigenvalue weighted by atomic mass is 32.2. The Kier molecular flexibility index (Phi) is 6.67. The Bertz CT molecular complexity index is 869. The van der Waals surface area contributed by atoms with Crippen LogP contribution in [-0.2, 0) is 21.2 Å². The van der Waals surface area contributed by atoms with Crippen molar-refractivity contribution in [3.8, 4) is 5.75 Å². The van der Waals surface area contributed by atoms with Crippen molar-refractivity contribution in [3.05, 3.63) is 64.2 Å². The highest BCUT2D eigenvalue weighted by molar-refractivity contribution is 7.89. The number of rotatable bonds is 9. The zero-order valence-corrected chi connectivity index (χ0v) is 15.3. The summed E-state index contributed by atoms with van der Waals surface area (Å²) in [6, 6.07) is 12.5. The van der Waals surface area contributed by atoms with Gasteiger partial charge in [-0.15, -0.1) is 0 Å². The molecule has 0 radical (unpaired) electrons. The zero-order valence-electron chi connectivity index (χ0n) is 14.5. The average molecular weight is 380 g/mol. The molecule has 2 rings (SSSR count). The van der Waals surface area contributed by atoms with Gasteiger partial charge in [-0.3, -0.25) is 10.1 Å². The van der Waals surface area contributed by atoms with Crippen LogP contribution in [-0.4, -0.2) is 45.1 Å². The van der Waals surface area contributed by atoms with Crippen LogP contribution in [0.25, 0.3) is 0 Å². The van der Waals surface area contributed by atoms with E-state index in [-0.39, 0.29) is 18.2 Å². The number of hydrogen-bond donors (Lipinski definition) is 0. The van der Waals surface area contributed by atoms with Gasteiger partial charge in [0.1, 0.15) is 5.75 Å². The molecule has 0 spiro atoms. The van der Waals surface area contributed by atoms with E-state index in [9.17, 15) is 18.5 Å². The predicted octanol–water partition coefficient (Wildman–Crippen LogP) is 2.44. The van der Waals surface area contributed by atoms with E-state index >= 15 is 0 Å². The summed E-state index contributed by atoms with van der Waals surface area (Å²) in [5.74, 6) is 0.603. The lowest BCUT2D eigenvalue weighted by Gasteiger charge is -2.18. The summed E-state index contributed by atoms with van der Waals surface area (Å²) < 4.78 is 36.9. The van der Waals surface area contributed by atoms with Gasteiger partial charge in [-0.25, -0.2) is 12.7 Å². The fraction of sp³-hybridized carbons (Fsp3) is 0.294. The topological polar surface area (TPSA) is 99.0 Å². The molecular weight excluding hydrogens is 360 g/mol. The second-order valence-corrected chi connectivity index (χ2v) is 7.47. The van der Waals surface area contributed by atoms with Gasteiger partial charge in [0.15, 0.2) is 11.7 Å². The minimum atomic E-state index is -3.99. The van der Waals surface area contributed by atoms with Crippen molar-refractivity contribution in [2.75, 3.05) is 27.5 Å². The number of ether oxygens (including phenoxy) is 2. The number of likely N-dealkylation sites (N-methyl/N-ethyl adjacent to an activating group) is 1. The minimum absolute atomic E-state index is 0.0847. The number of methoxy groups -OCH3 is 1. The van der Waals surface area contributed by atoms with Gasteiger partial charge in [0.25, 0.3) is 5.69 Å². The summed E-state index contributed by atoms with van der Waals surface area (Å²) in [7, 11) is -1.09. The van der Waals surface area contributed by atoms with Crippen LogP contribution >= 0.6 is 0 Å². The van der Waals surface area contributed by atoms with E-state index in [1.807, 2.05) is 18.2 Å². The molecule has 0 fully saturated rings. The van der Waals surface area contributed by atoms with Gasteiger partial charge in [-0.1, -0.05) is 30.3 Å². The van der Waals surface area contributed by atoms with Crippen LogP contribution in [0.4, 0.5) is 5.69 Å². The fourth-order valence-electron chi connectivity index (χ4n) is 2.37. The van der Waals surface area contributed by atoms with E-state index in [2.05, 4.69) is 0 Å². The fourth-order valence-corrected chi connectivity index (χ4v) is 3.69. The maximum Gasteiger partial charge on any atom is 0.289 e. The molecule has 26 heavy (non-hydrogen) atoms. The molecule has 0 saturated heterocycles. The average Bonchev–Trinajstić information content (AvgIpc) is 2.64. The van der Waals surface area contributed by atoms with Gasteiger partial charge < -0.3 is 9.47 Å². The van der Waals surface area contributed by atoms with Crippen LogP contribution < -0.4 is 4.74 Å². The molecule has 0 aliphatic heterocycles. The van der Waals surface area contributed by atoms with Crippen LogP contribution in [0, 0.1) is 10.1 Å². The summed E-state index contributed by atoms with van der Waals surface area (Å²) in [6.45, 7) is 0.225. The first-order valence-electron chi connectivity index (χ1n) is 7.77. The maximum atomic E-state index is 12.7. The van der Waals surface area contributed by atoms with E-state index in [0.717, 1.165) is 9.87 Å². The molecule has 0 heterocycles. The van der Waals surface area contributed by atoms with Crippen LogP contribution in [0.3, 0.4) is 0 Å². The van der Waals surface area contributed by atoms with E-state index in [1.165, 1.54) is 38.4 Å². The molecule has 140 valence electrons. The van der Waals surface area contributed by atoms with Gasteiger partial charge in [0.2, 0.25) is 10.0 Å². The minimum Gasteiger partial charge on any atom is -0.467 e. The van der Waals surface area contributed by atoms with Crippen molar-refractivity contribution in [2.45, 2.75) is 11.3 Å². The molecule has 0 aromatic heterocycles. The largest absolute Gasteiger partial charge is 0.467 e. The molecule has 0 N–H and O–H groups in total. The molecule has 0 unspecified atom stereocenters. The number of hydrogen-bond acceptors (Lipinski definition) is 6. The standard InChI is InChI=1S/C17H20N2O6S/c1-18(12-11-14-7-3-5-9-16(14)25-13-24-2)26(22,23)17-10-6-4-8-15(17)19(20)21/h3-10H,11-13H2,1-2H3. The smallest absolute Gasteiger partial charge is 0.289 e. The third-order valence-electron chi connectivity index (χ3n) is 3.75. The Hall–Kier alpha value is -2.49. The summed E-state index contributed by atoms with van der Waals surface area (Å²) >= 11 is 0. The Morgan fingerprint density at radius 1 is 1.12 bits per heavy atom. The Morgan fingerprint density at radius 3 is 2.46 bits per heavy atom. The second-order valence-electron chi connectivity index (χ2n) is 5.46. The monoisotopic (exact) mass is 380 g/mol. The number of nitrogens with zero attached hydrogens (tertiary/aromatic N) is 2. The molecule has 0 aliphatic carbocycles. The number of benzene rings is 2. The van der Waals surface area contributed by atoms with Crippen molar-refractivity contribution in [2.24, 2.45) is 0 Å². The van der Waals surface area contributed by atoms with Gasteiger partial charge in [-0.2, -0.15) is 0 Å². The van der Waals surface area contributed by atoms with Crippen molar-refractivity contribution >= 4 is 15.7 Å². The number of nitro benzene ring substituents is 1. The van der Waals surface area contributed by atoms with E-state index in [4.69, 9.17) is 9.47 Å². The number of sulfonamides is 1. The molecule has 0 bridgehead atoms. The lowest BCUT2D eigenvalue weighted by Crippen LogP contribution is -2.29. The molecule has 2 aromatic carbocycles. The maximum absolute atomic E-state index is 12.7. The summed E-state index contributed by atoms with van der Waals surface area (Å²) in [5.41, 5.74) is 0.373. The first kappa shape index (κ1) is 19.8. The summed E-state index contributed by atoms with van der Waals surface area (Å²) in [4.78, 5) is 10.1. The highest BCUT2D eigenvalue weighted by Crippen LogP contribution is 2.26. The van der Waals surface area contributed by atoms with Gasteiger partial charge in [0.05, 0.1) is 4.92 Å². The SMILES string of the molecule is COCOc1ccccc1CCN(C)S(=O)(=O)c1ccccc1[N+](=O)[O-]. The molecule has 0 atom stereocenters. The quantitative estimate of drug-likeness (QED) is 0.376. The van der Waals surface area contributed by atoms with Crippen LogP contribution in [0.15, 0.2) is 53.4 Å². The van der Waals surface area contributed by atoms with E-state index in [0.29, 0.717) is 12.2 Å². The van der Waals surface area contributed by atoms with Gasteiger partial charge in [-0.05, 0) is 24.1 Å². The summed E-state index contributed by atoms with van der Waals surface area (Å²) in [5, 5.41) is 11.1. The van der Waals surface area contributed by atoms with Crippen LogP contribution in [0.2, 0.25) is 0 Å². The van der Waals surface area contributed by atoms with Crippen molar-refractivity contribution in [3.63, 3.8) is 0 Å². The molecular formula is C17H20N2O6S. The molecule has 9 heteroatoms. The van der Waals surface area contributed by atoms with Crippen LogP contribution in [0.5, 0.6) is 5.75 Å². The zero-order chi connectivity index (χ0) is 19.2. The van der Waals surface area contributed by atoms with Crippen molar-refractivity contribution < 1.29 is 22.8 Å². The molecule has 0 saturated carbocycles. The van der Waals surface area contributed by atoms with E-state index < -0.39 is 20.6 Å².